The molecule has 0 saturated carbocycles. The number of hydrogen-bond donors (Lipinski definition) is 2. The van der Waals surface area contributed by atoms with Crippen molar-refractivity contribution in [1.82, 2.24) is 9.71 Å². The van der Waals surface area contributed by atoms with Gasteiger partial charge in [-0.1, -0.05) is 18.2 Å². The van der Waals surface area contributed by atoms with Crippen molar-refractivity contribution in [3.05, 3.63) is 94.8 Å². The lowest BCUT2D eigenvalue weighted by molar-refractivity contribution is -0.385. The van der Waals surface area contributed by atoms with Gasteiger partial charge < -0.3 is 9.47 Å². The molecule has 1 heterocycles. The van der Waals surface area contributed by atoms with Crippen molar-refractivity contribution in [2.75, 3.05) is 11.6 Å². The zero-order valence-corrected chi connectivity index (χ0v) is 23.4. The van der Waals surface area contributed by atoms with Gasteiger partial charge in [-0.3, -0.25) is 24.9 Å². The van der Waals surface area contributed by atoms with Crippen LogP contribution in [0, 0.1) is 10.1 Å². The third-order valence-electron chi connectivity index (χ3n) is 5.97. The van der Waals surface area contributed by atoms with Gasteiger partial charge in [0.1, 0.15) is 6.04 Å². The molecule has 41 heavy (non-hydrogen) atoms. The highest BCUT2D eigenvalue weighted by molar-refractivity contribution is 7.90. The highest BCUT2D eigenvalue weighted by atomic mass is 32.2. The van der Waals surface area contributed by atoms with Gasteiger partial charge in [0, 0.05) is 29.9 Å². The largest absolute Gasteiger partial charge is 0.490 e. The average molecular weight is 580 g/mol. The first-order chi connectivity index (χ1) is 19.5. The summed E-state index contributed by atoms with van der Waals surface area (Å²) in [7, 11) is -4.51. The molecule has 4 aromatic rings. The number of aromatic nitrogens is 1. The summed E-state index contributed by atoms with van der Waals surface area (Å²) in [5, 5.41) is 14.0. The number of amides is 1. The van der Waals surface area contributed by atoms with E-state index in [9.17, 15) is 23.3 Å². The topological polar surface area (TPSA) is 167 Å². The van der Waals surface area contributed by atoms with Crippen molar-refractivity contribution in [1.29, 1.82) is 0 Å². The van der Waals surface area contributed by atoms with Crippen LogP contribution in [0.2, 0.25) is 0 Å². The number of pyridine rings is 1. The van der Waals surface area contributed by atoms with Gasteiger partial charge in [-0.2, -0.15) is 0 Å². The predicted molar refractivity (Wildman–Crippen MR) is 153 cm³/mol. The molecule has 1 atom stereocenters. The van der Waals surface area contributed by atoms with Gasteiger partial charge in [0.2, 0.25) is 0 Å². The molecule has 0 bridgehead atoms. The number of fused-ring (bicyclic) bond motifs is 1. The summed E-state index contributed by atoms with van der Waals surface area (Å²) in [6.07, 6.45) is 3.14. The van der Waals surface area contributed by atoms with Gasteiger partial charge in [-0.05, 0) is 68.1 Å². The lowest BCUT2D eigenvalue weighted by Crippen LogP contribution is -2.46. The molecule has 0 saturated heterocycles. The summed E-state index contributed by atoms with van der Waals surface area (Å²) in [5.41, 5.74) is 0.288. The van der Waals surface area contributed by atoms with Crippen LogP contribution in [0.15, 0.2) is 84.0 Å². The van der Waals surface area contributed by atoms with Gasteiger partial charge in [0.05, 0.1) is 28.2 Å². The Balaban J connectivity index is 1.78. The van der Waals surface area contributed by atoms with Crippen LogP contribution in [0.4, 0.5) is 11.4 Å². The van der Waals surface area contributed by atoms with Crippen LogP contribution in [0.3, 0.4) is 0 Å². The second-order valence-electron chi connectivity index (χ2n) is 9.25. The monoisotopic (exact) mass is 579 g/mol. The quantitative estimate of drug-likeness (QED) is 0.149. The van der Waals surface area contributed by atoms with E-state index in [2.05, 4.69) is 4.98 Å². The molecule has 1 amide bonds. The van der Waals surface area contributed by atoms with Gasteiger partial charge >= 0.3 is 0 Å². The van der Waals surface area contributed by atoms with E-state index in [1.807, 2.05) is 18.6 Å². The van der Waals surface area contributed by atoms with E-state index < -0.39 is 37.5 Å². The minimum absolute atomic E-state index is 0.155. The number of nitrogens with one attached hydrogen (secondary N) is 1. The molecule has 0 fully saturated rings. The van der Waals surface area contributed by atoms with Crippen molar-refractivity contribution in [2.45, 2.75) is 37.8 Å². The number of hydrazine groups is 1. The Morgan fingerprint density at radius 3 is 2.56 bits per heavy atom. The molecule has 0 aliphatic carbocycles. The number of anilines is 1. The first-order valence-electron chi connectivity index (χ1n) is 12.6. The molecule has 1 aromatic heterocycles. The zero-order valence-electron chi connectivity index (χ0n) is 22.6. The lowest BCUT2D eigenvalue weighted by Gasteiger charge is -2.29. The Morgan fingerprint density at radius 2 is 1.85 bits per heavy atom. The van der Waals surface area contributed by atoms with Gasteiger partial charge in [0.15, 0.2) is 11.5 Å². The lowest BCUT2D eigenvalue weighted by atomic mass is 10.0. The fourth-order valence-corrected chi connectivity index (χ4v) is 5.17. The molecule has 4 rings (SSSR count). The van der Waals surface area contributed by atoms with Crippen molar-refractivity contribution >= 4 is 38.1 Å². The van der Waals surface area contributed by atoms with Crippen LogP contribution in [0.5, 0.6) is 11.5 Å². The van der Waals surface area contributed by atoms with E-state index in [-0.39, 0.29) is 6.10 Å². The Bertz CT molecular complexity index is 1690. The maximum absolute atomic E-state index is 13.7. The number of sulfonamides is 1. The molecule has 3 N–H and O–H groups in total. The summed E-state index contributed by atoms with van der Waals surface area (Å²) in [5.74, 6) is 6.32. The molecule has 1 unspecified atom stereocenters. The number of carbonyl (C=O) groups is 1. The molecule has 214 valence electrons. The summed E-state index contributed by atoms with van der Waals surface area (Å²) in [4.78, 5) is 27.8. The first-order valence-corrected chi connectivity index (χ1v) is 14.1. The highest BCUT2D eigenvalue weighted by Crippen LogP contribution is 2.35. The number of non-ortho nitro benzene ring substituents is 1. The van der Waals surface area contributed by atoms with Gasteiger partial charge in [-0.25, -0.2) is 19.0 Å². The molecule has 0 aliphatic rings. The van der Waals surface area contributed by atoms with E-state index in [1.165, 1.54) is 6.07 Å². The number of hydrogen-bond acceptors (Lipinski definition) is 10. The molecule has 13 heteroatoms. The summed E-state index contributed by atoms with van der Waals surface area (Å²) in [6, 6.07) is 14.8. The summed E-state index contributed by atoms with van der Waals surface area (Å²) >= 11 is 0. The Kier molecular flexibility index (Phi) is 8.69. The van der Waals surface area contributed by atoms with Crippen LogP contribution in [0.1, 0.15) is 32.4 Å². The van der Waals surface area contributed by atoms with Crippen molar-refractivity contribution in [3.63, 3.8) is 0 Å². The maximum Gasteiger partial charge on any atom is 0.270 e. The van der Waals surface area contributed by atoms with E-state index in [0.717, 1.165) is 34.0 Å². The van der Waals surface area contributed by atoms with E-state index in [1.54, 1.807) is 61.8 Å². The molecule has 12 nitrogen and oxygen atoms in total. The van der Waals surface area contributed by atoms with Crippen molar-refractivity contribution in [2.24, 2.45) is 5.84 Å². The molecule has 0 radical (unpaired) electrons. The van der Waals surface area contributed by atoms with Gasteiger partial charge in [-0.15, -0.1) is 0 Å². The first kappa shape index (κ1) is 29.2. The standard InChI is InChI=1S/C28H29N5O7S/c1-4-39-26-15-20(9-11-25(26)40-18(2)3)27(32(29)22-10-8-21-17-30-13-12-19(21)14-22)28(34)31-41(37,38)24-7-5-6-23(16-24)33(35)36/h5-18,27H,4,29H2,1-3H3,(H,31,34). The maximum atomic E-state index is 13.7. The Labute approximate surface area is 236 Å². The number of nitro benzene ring substituents is 1. The SMILES string of the molecule is CCOc1cc(C(C(=O)NS(=O)(=O)c2cccc([N+](=O)[O-])c2)N(N)c2ccc3cnccc3c2)ccc1OC(C)C. The number of carbonyl (C=O) groups excluding carboxylic acids is 1. The second-order valence-corrected chi connectivity index (χ2v) is 10.9. The molecule has 0 spiro atoms. The van der Waals surface area contributed by atoms with Crippen LogP contribution >= 0.6 is 0 Å². The third kappa shape index (κ3) is 6.70. The summed E-state index contributed by atoms with van der Waals surface area (Å²) < 4.78 is 39.9. The van der Waals surface area contributed by atoms with Crippen LogP contribution in [0.25, 0.3) is 10.8 Å². The van der Waals surface area contributed by atoms with Crippen LogP contribution in [-0.2, 0) is 14.8 Å². The van der Waals surface area contributed by atoms with E-state index in [0.29, 0.717) is 29.4 Å². The minimum atomic E-state index is -4.51. The number of benzene rings is 3. The number of rotatable bonds is 11. The van der Waals surface area contributed by atoms with Crippen LogP contribution < -0.4 is 25.0 Å². The minimum Gasteiger partial charge on any atom is -0.490 e. The molecular formula is C28H29N5O7S. The molecule has 3 aromatic carbocycles. The number of nitrogens with zero attached hydrogens (tertiary/aromatic N) is 3. The second kappa shape index (κ2) is 12.2. The van der Waals surface area contributed by atoms with Crippen molar-refractivity contribution in [3.8, 4) is 11.5 Å². The number of nitrogens with two attached hydrogens (primary N) is 1. The van der Waals surface area contributed by atoms with Gasteiger partial charge in [0.25, 0.3) is 21.6 Å². The molecule has 0 aliphatic heterocycles. The predicted octanol–water partition coefficient (Wildman–Crippen LogP) is 4.26. The average Bonchev–Trinajstić information content (AvgIpc) is 2.94. The Hall–Kier alpha value is -4.75. The number of ether oxygens (including phenoxy) is 2. The van der Waals surface area contributed by atoms with E-state index in [4.69, 9.17) is 15.3 Å². The highest BCUT2D eigenvalue weighted by Gasteiger charge is 2.32. The summed E-state index contributed by atoms with van der Waals surface area (Å²) in [6.45, 7) is 5.81. The Morgan fingerprint density at radius 1 is 1.07 bits per heavy atom. The molecular weight excluding hydrogens is 550 g/mol. The fourth-order valence-electron chi connectivity index (χ4n) is 4.14. The smallest absolute Gasteiger partial charge is 0.270 e. The normalized spacial score (nSPS) is 12.1. The van der Waals surface area contributed by atoms with Crippen LogP contribution in [-0.4, -0.2) is 36.9 Å². The zero-order chi connectivity index (χ0) is 29.7. The van der Waals surface area contributed by atoms with Crippen molar-refractivity contribution < 1.29 is 27.6 Å². The number of nitro groups is 1. The van der Waals surface area contributed by atoms with E-state index >= 15 is 0 Å². The fraction of sp³-hybridized carbons (Fsp3) is 0.214. The third-order valence-corrected chi connectivity index (χ3v) is 7.31.